The maximum Gasteiger partial charge on any atom is 0.166 e. The van der Waals surface area contributed by atoms with Crippen molar-refractivity contribution in [2.24, 2.45) is 11.3 Å². The largest absolute Gasteiger partial charge is 0.349 e. The molecular formula is C30H40N6O. The number of hydrogen-bond donors (Lipinski definition) is 2. The molecular weight excluding hydrogens is 460 g/mol. The van der Waals surface area contributed by atoms with Gasteiger partial charge in [-0.3, -0.25) is 14.6 Å². The summed E-state index contributed by atoms with van der Waals surface area (Å²) in [7, 11) is 0. The number of likely N-dealkylation sites (tertiary alicyclic amines) is 2. The van der Waals surface area contributed by atoms with Gasteiger partial charge in [-0.25, -0.2) is 9.97 Å². The molecule has 1 saturated carbocycles. The summed E-state index contributed by atoms with van der Waals surface area (Å²) in [6, 6.07) is 9.18. The predicted molar refractivity (Wildman–Crippen MR) is 144 cm³/mol. The number of carbonyl (C=O) groups is 1. The molecule has 3 aliphatic rings. The maximum atomic E-state index is 13.5. The molecule has 3 fully saturated rings. The molecule has 1 aliphatic carbocycles. The summed E-state index contributed by atoms with van der Waals surface area (Å²) in [4.78, 5) is 33.9. The van der Waals surface area contributed by atoms with E-state index in [0.717, 1.165) is 29.8 Å². The first kappa shape index (κ1) is 24.6. The second-order valence-electron chi connectivity index (χ2n) is 11.7. The van der Waals surface area contributed by atoms with Gasteiger partial charge in [-0.05, 0) is 49.8 Å². The summed E-state index contributed by atoms with van der Waals surface area (Å²) in [5.41, 5.74) is 2.56. The van der Waals surface area contributed by atoms with Crippen LogP contribution in [0.3, 0.4) is 0 Å². The van der Waals surface area contributed by atoms with Crippen molar-refractivity contribution in [3.63, 3.8) is 0 Å². The van der Waals surface area contributed by atoms with E-state index < -0.39 is 0 Å². The van der Waals surface area contributed by atoms with Gasteiger partial charge in [0.1, 0.15) is 11.6 Å². The number of Topliss-reactive ketones (excluding diaryl/α,β-unsaturated/α-hetero) is 1. The minimum Gasteiger partial charge on any atom is -0.349 e. The van der Waals surface area contributed by atoms with Crippen LogP contribution < -0.4 is 0 Å². The lowest BCUT2D eigenvalue weighted by Crippen LogP contribution is -2.37. The van der Waals surface area contributed by atoms with Gasteiger partial charge < -0.3 is 9.97 Å². The minimum absolute atomic E-state index is 0.147. The van der Waals surface area contributed by atoms with E-state index in [1.807, 2.05) is 12.1 Å². The zero-order valence-corrected chi connectivity index (χ0v) is 21.9. The summed E-state index contributed by atoms with van der Waals surface area (Å²) in [6.45, 7) is 5.97. The van der Waals surface area contributed by atoms with Gasteiger partial charge in [0.2, 0.25) is 0 Å². The summed E-state index contributed by atoms with van der Waals surface area (Å²) in [5.74, 6) is 1.60. The highest BCUT2D eigenvalue weighted by Gasteiger charge is 2.44. The molecule has 2 aliphatic heterocycles. The first-order chi connectivity index (χ1) is 18.2. The quantitative estimate of drug-likeness (QED) is 0.418. The standard InChI is InChI=1S/C30H40N6O/c37-29(25(18-27-31-12-13-32-27)19-28-33-14-15-34-28)24-8-6-23(7-9-24)20-35-16-10-30(21-35)11-17-36(22-30)26-4-2-1-3-5-26/h6-9,12-15,25-26H,1-5,10-11,16-22H2,(H,31,32)(H,33,34). The van der Waals surface area contributed by atoms with E-state index in [1.165, 1.54) is 76.7 Å². The van der Waals surface area contributed by atoms with Gasteiger partial charge in [0, 0.05) is 74.8 Å². The number of hydrogen-bond acceptors (Lipinski definition) is 5. The van der Waals surface area contributed by atoms with Gasteiger partial charge >= 0.3 is 0 Å². The lowest BCUT2D eigenvalue weighted by molar-refractivity contribution is 0.0915. The molecule has 1 unspecified atom stereocenters. The van der Waals surface area contributed by atoms with E-state index in [2.05, 4.69) is 41.9 Å². The number of aromatic amines is 2. The molecule has 2 saturated heterocycles. The molecule has 0 radical (unpaired) electrons. The lowest BCUT2D eigenvalue weighted by Gasteiger charge is -2.32. The van der Waals surface area contributed by atoms with Crippen LogP contribution in [0.5, 0.6) is 0 Å². The van der Waals surface area contributed by atoms with Gasteiger partial charge in [-0.2, -0.15) is 0 Å². The summed E-state index contributed by atoms with van der Waals surface area (Å²) in [5, 5.41) is 0. The molecule has 2 N–H and O–H groups in total. The highest BCUT2D eigenvalue weighted by molar-refractivity contribution is 5.98. The number of imidazole rings is 2. The fourth-order valence-electron chi connectivity index (χ4n) is 7.04. The van der Waals surface area contributed by atoms with E-state index in [9.17, 15) is 4.79 Å². The third-order valence-electron chi connectivity index (χ3n) is 9.08. The number of benzene rings is 1. The third kappa shape index (κ3) is 5.73. The van der Waals surface area contributed by atoms with Crippen molar-refractivity contribution in [1.82, 2.24) is 29.7 Å². The van der Waals surface area contributed by atoms with Gasteiger partial charge in [0.05, 0.1) is 0 Å². The van der Waals surface area contributed by atoms with E-state index in [0.29, 0.717) is 18.3 Å². The molecule has 2 aromatic heterocycles. The van der Waals surface area contributed by atoms with Crippen LogP contribution in [-0.4, -0.2) is 67.7 Å². The third-order valence-corrected chi connectivity index (χ3v) is 9.08. The highest BCUT2D eigenvalue weighted by atomic mass is 16.1. The molecule has 1 aromatic carbocycles. The molecule has 0 bridgehead atoms. The Labute approximate surface area is 220 Å². The molecule has 196 valence electrons. The van der Waals surface area contributed by atoms with Gasteiger partial charge in [-0.1, -0.05) is 43.5 Å². The smallest absolute Gasteiger partial charge is 0.166 e. The number of nitrogens with one attached hydrogen (secondary N) is 2. The van der Waals surface area contributed by atoms with Crippen molar-refractivity contribution in [1.29, 1.82) is 0 Å². The van der Waals surface area contributed by atoms with Crippen molar-refractivity contribution in [3.8, 4) is 0 Å². The Morgan fingerprint density at radius 2 is 1.59 bits per heavy atom. The minimum atomic E-state index is -0.212. The van der Waals surface area contributed by atoms with Crippen LogP contribution in [0.25, 0.3) is 0 Å². The van der Waals surface area contributed by atoms with Gasteiger partial charge in [0.25, 0.3) is 0 Å². The Kier molecular flexibility index (Phi) is 7.25. The molecule has 4 heterocycles. The first-order valence-electron chi connectivity index (χ1n) is 14.2. The molecule has 6 rings (SSSR count). The second kappa shape index (κ2) is 10.9. The first-order valence-corrected chi connectivity index (χ1v) is 14.2. The number of ketones is 1. The molecule has 1 spiro atoms. The summed E-state index contributed by atoms with van der Waals surface area (Å²) in [6.07, 6.45) is 18.0. The number of aromatic nitrogens is 4. The zero-order valence-electron chi connectivity index (χ0n) is 21.9. The molecule has 7 heteroatoms. The maximum absolute atomic E-state index is 13.5. The van der Waals surface area contributed by atoms with Gasteiger partial charge in [0.15, 0.2) is 5.78 Å². The number of nitrogens with zero attached hydrogens (tertiary/aromatic N) is 4. The fourth-order valence-corrected chi connectivity index (χ4v) is 7.04. The Morgan fingerprint density at radius 1 is 0.919 bits per heavy atom. The van der Waals surface area contributed by atoms with Crippen LogP contribution in [0.4, 0.5) is 0 Å². The monoisotopic (exact) mass is 500 g/mol. The van der Waals surface area contributed by atoms with Crippen LogP contribution in [0.15, 0.2) is 49.1 Å². The Hall–Kier alpha value is -2.77. The zero-order chi connectivity index (χ0) is 25.1. The Balaban J connectivity index is 1.06. The summed E-state index contributed by atoms with van der Waals surface area (Å²) < 4.78 is 0. The predicted octanol–water partition coefficient (Wildman–Crippen LogP) is 4.65. The highest BCUT2D eigenvalue weighted by Crippen LogP contribution is 2.42. The number of H-pyrrole nitrogens is 2. The number of rotatable bonds is 9. The number of carbonyl (C=O) groups excluding carboxylic acids is 1. The molecule has 0 amide bonds. The SMILES string of the molecule is O=C(c1ccc(CN2CCC3(CCN(C4CCCCC4)C3)C2)cc1)C(Cc1ncc[nH]1)Cc1ncc[nH]1. The van der Waals surface area contributed by atoms with Crippen molar-refractivity contribution in [3.05, 3.63) is 71.8 Å². The average Bonchev–Trinajstić information content (AvgIpc) is 3.75. The van der Waals surface area contributed by atoms with Crippen molar-refractivity contribution in [2.45, 2.75) is 70.4 Å². The van der Waals surface area contributed by atoms with Crippen LogP contribution in [-0.2, 0) is 19.4 Å². The van der Waals surface area contributed by atoms with E-state index in [-0.39, 0.29) is 11.7 Å². The molecule has 1 atom stereocenters. The molecule has 7 nitrogen and oxygen atoms in total. The van der Waals surface area contributed by atoms with Crippen LogP contribution in [0, 0.1) is 11.3 Å². The van der Waals surface area contributed by atoms with E-state index in [4.69, 9.17) is 0 Å². The Bertz CT molecular complexity index is 1100. The van der Waals surface area contributed by atoms with Gasteiger partial charge in [-0.15, -0.1) is 0 Å². The van der Waals surface area contributed by atoms with E-state index in [1.54, 1.807) is 24.8 Å². The molecule has 3 aromatic rings. The fraction of sp³-hybridized carbons (Fsp3) is 0.567. The van der Waals surface area contributed by atoms with Crippen molar-refractivity contribution in [2.75, 3.05) is 26.2 Å². The van der Waals surface area contributed by atoms with Crippen LogP contribution in [0.2, 0.25) is 0 Å². The van der Waals surface area contributed by atoms with Crippen LogP contribution >= 0.6 is 0 Å². The Morgan fingerprint density at radius 3 is 2.24 bits per heavy atom. The summed E-state index contributed by atoms with van der Waals surface area (Å²) >= 11 is 0. The average molecular weight is 501 g/mol. The molecule has 37 heavy (non-hydrogen) atoms. The normalized spacial score (nSPS) is 23.5. The van der Waals surface area contributed by atoms with Crippen LogP contribution in [0.1, 0.15) is 72.5 Å². The van der Waals surface area contributed by atoms with E-state index >= 15 is 0 Å². The topological polar surface area (TPSA) is 80.9 Å². The van der Waals surface area contributed by atoms with Crippen molar-refractivity contribution < 1.29 is 4.79 Å². The van der Waals surface area contributed by atoms with Crippen molar-refractivity contribution >= 4 is 5.78 Å². The lowest BCUT2D eigenvalue weighted by atomic mass is 9.86. The second-order valence-corrected chi connectivity index (χ2v) is 11.7.